The molecule has 0 aliphatic carbocycles. The molecule has 0 fully saturated rings. The molecule has 0 aliphatic heterocycles. The van der Waals surface area contributed by atoms with E-state index < -0.39 is 10.1 Å². The van der Waals surface area contributed by atoms with Gasteiger partial charge in [0.1, 0.15) is 0 Å². The molecule has 0 amide bonds. The van der Waals surface area contributed by atoms with E-state index >= 15 is 0 Å². The summed E-state index contributed by atoms with van der Waals surface area (Å²) in [5.74, 6) is -0.312. The minimum atomic E-state index is -3.91. The summed E-state index contributed by atoms with van der Waals surface area (Å²) in [6, 6.07) is 0. The lowest BCUT2D eigenvalue weighted by molar-refractivity contribution is -0.888. The predicted octanol–water partition coefficient (Wildman–Crippen LogP) is 6.12. The summed E-state index contributed by atoms with van der Waals surface area (Å²) in [4.78, 5) is 0. The summed E-state index contributed by atoms with van der Waals surface area (Å²) in [6.45, 7) is 8.52. The number of unbranched alkanes of at least 4 members (excludes halogenated alkanes) is 13. The third-order valence-corrected chi connectivity index (χ3v) is 6.03. The molecule has 27 heavy (non-hydrogen) atoms. The fourth-order valence-corrected chi connectivity index (χ4v) is 2.89. The molecule has 0 saturated heterocycles. The Kier molecular flexibility index (Phi) is 20.7. The van der Waals surface area contributed by atoms with Crippen molar-refractivity contribution in [3.63, 3.8) is 0 Å². The monoisotopic (exact) mass is 407 g/mol. The van der Waals surface area contributed by atoms with Crippen LogP contribution in [-0.4, -0.2) is 50.4 Å². The van der Waals surface area contributed by atoms with Crippen molar-refractivity contribution in [3.8, 4) is 0 Å². The molecule has 0 aromatic rings. The van der Waals surface area contributed by atoms with Gasteiger partial charge in [-0.2, -0.15) is 0 Å². The second-order valence-electron chi connectivity index (χ2n) is 8.42. The van der Waals surface area contributed by atoms with Crippen molar-refractivity contribution in [2.75, 3.05) is 32.9 Å². The molecule has 0 unspecified atom stereocenters. The van der Waals surface area contributed by atoms with E-state index in [4.69, 9.17) is 0 Å². The Hall–Kier alpha value is -0.130. The molecule has 5 heteroatoms. The number of rotatable bonds is 17. The highest BCUT2D eigenvalue weighted by atomic mass is 32.2. The molecule has 0 bridgehead atoms. The van der Waals surface area contributed by atoms with Gasteiger partial charge in [-0.15, -0.1) is 0 Å². The molecule has 166 valence electrons. The van der Waals surface area contributed by atoms with Crippen LogP contribution in [0.2, 0.25) is 0 Å². The molecule has 0 radical (unpaired) electrons. The van der Waals surface area contributed by atoms with Crippen LogP contribution in [0.1, 0.15) is 111 Å². The third-order valence-electron chi connectivity index (χ3n) is 5.33. The number of hydrogen-bond acceptors (Lipinski definition) is 3. The van der Waals surface area contributed by atoms with Gasteiger partial charge in [-0.1, -0.05) is 90.9 Å². The highest BCUT2D eigenvalue weighted by molar-refractivity contribution is 7.85. The Balaban J connectivity index is 0. The minimum absolute atomic E-state index is 0.312. The Labute approximate surface area is 171 Å². The van der Waals surface area contributed by atoms with Gasteiger partial charge in [0.25, 0.3) is 0 Å². The van der Waals surface area contributed by atoms with Crippen LogP contribution >= 0.6 is 0 Å². The molecule has 0 saturated carbocycles. The van der Waals surface area contributed by atoms with Crippen LogP contribution in [0.4, 0.5) is 0 Å². The van der Waals surface area contributed by atoms with E-state index in [0.717, 1.165) is 0 Å². The predicted molar refractivity (Wildman–Crippen MR) is 118 cm³/mol. The van der Waals surface area contributed by atoms with Crippen molar-refractivity contribution in [2.45, 2.75) is 111 Å². The van der Waals surface area contributed by atoms with Crippen LogP contribution in [0.15, 0.2) is 0 Å². The standard InChI is InChI=1S/C20H44N.C2H6O3S/c1-5-7-8-9-10-11-12-13-14-15-16-17-18-19-20-21(3,4)6-2;1-2-6(3,4)5/h5-20H2,1-4H3;2H2,1H3,(H,3,4,5)/q+1;/p-1. The van der Waals surface area contributed by atoms with Crippen molar-refractivity contribution < 1.29 is 17.5 Å². The molecule has 4 nitrogen and oxygen atoms in total. The molecule has 0 N–H and O–H groups in total. The molecule has 0 aliphatic rings. The van der Waals surface area contributed by atoms with Gasteiger partial charge in [-0.05, 0) is 19.8 Å². The van der Waals surface area contributed by atoms with Crippen molar-refractivity contribution >= 4 is 10.1 Å². The van der Waals surface area contributed by atoms with Crippen LogP contribution in [-0.2, 0) is 10.1 Å². The molecule has 0 aromatic heterocycles. The molecular formula is C22H49NO3S. The van der Waals surface area contributed by atoms with Crippen LogP contribution in [0.3, 0.4) is 0 Å². The summed E-state index contributed by atoms with van der Waals surface area (Å²) in [5.41, 5.74) is 0. The normalized spacial score (nSPS) is 11.9. The molecule has 0 spiro atoms. The van der Waals surface area contributed by atoms with E-state index in [2.05, 4.69) is 27.9 Å². The molecule has 0 heterocycles. The molecule has 0 aromatic carbocycles. The maximum atomic E-state index is 9.44. The van der Waals surface area contributed by atoms with Crippen LogP contribution in [0.5, 0.6) is 0 Å². The molecule has 0 rings (SSSR count). The maximum absolute atomic E-state index is 9.44. The van der Waals surface area contributed by atoms with Crippen LogP contribution in [0, 0.1) is 0 Å². The average molecular weight is 408 g/mol. The highest BCUT2D eigenvalue weighted by Crippen LogP contribution is 2.13. The van der Waals surface area contributed by atoms with Crippen molar-refractivity contribution in [3.05, 3.63) is 0 Å². The fraction of sp³-hybridized carbons (Fsp3) is 1.00. The average Bonchev–Trinajstić information content (AvgIpc) is 2.62. The topological polar surface area (TPSA) is 57.2 Å². The van der Waals surface area contributed by atoms with E-state index in [1.54, 1.807) is 0 Å². The van der Waals surface area contributed by atoms with E-state index in [-0.39, 0.29) is 5.75 Å². The zero-order chi connectivity index (χ0) is 21.0. The van der Waals surface area contributed by atoms with Crippen molar-refractivity contribution in [2.24, 2.45) is 0 Å². The lowest BCUT2D eigenvalue weighted by atomic mass is 10.0. The first kappa shape index (κ1) is 29.1. The maximum Gasteiger partial charge on any atom is 0.0943 e. The molecule has 0 atom stereocenters. The minimum Gasteiger partial charge on any atom is -0.748 e. The lowest BCUT2D eigenvalue weighted by Gasteiger charge is -2.28. The molecular weight excluding hydrogens is 358 g/mol. The third kappa shape index (κ3) is 28.2. The summed E-state index contributed by atoms with van der Waals surface area (Å²) in [7, 11) is 0.787. The van der Waals surface area contributed by atoms with Gasteiger partial charge in [0.15, 0.2) is 0 Å². The largest absolute Gasteiger partial charge is 0.748 e. The van der Waals surface area contributed by atoms with E-state index in [9.17, 15) is 13.0 Å². The zero-order valence-corrected chi connectivity index (χ0v) is 19.9. The van der Waals surface area contributed by atoms with Gasteiger partial charge in [0.05, 0.1) is 37.3 Å². The Morgan fingerprint density at radius 1 is 0.630 bits per heavy atom. The van der Waals surface area contributed by atoms with Gasteiger partial charge >= 0.3 is 0 Å². The number of nitrogens with zero attached hydrogens (tertiary/aromatic N) is 1. The Bertz CT molecular complexity index is 394. The van der Waals surface area contributed by atoms with E-state index in [0.29, 0.717) is 0 Å². The first-order valence-electron chi connectivity index (χ1n) is 11.4. The van der Waals surface area contributed by atoms with Gasteiger partial charge in [0, 0.05) is 5.75 Å². The Morgan fingerprint density at radius 3 is 1.19 bits per heavy atom. The number of hydrogen-bond donors (Lipinski definition) is 0. The highest BCUT2D eigenvalue weighted by Gasteiger charge is 2.09. The van der Waals surface area contributed by atoms with E-state index in [1.807, 2.05) is 0 Å². The summed E-state index contributed by atoms with van der Waals surface area (Å²) in [6.07, 6.45) is 20.4. The second kappa shape index (κ2) is 19.2. The van der Waals surface area contributed by atoms with Gasteiger partial charge in [-0.3, -0.25) is 0 Å². The first-order chi connectivity index (χ1) is 12.7. The van der Waals surface area contributed by atoms with E-state index in [1.165, 1.54) is 114 Å². The van der Waals surface area contributed by atoms with Gasteiger partial charge in [0.2, 0.25) is 0 Å². The van der Waals surface area contributed by atoms with Crippen LogP contribution < -0.4 is 0 Å². The second-order valence-corrected chi connectivity index (χ2v) is 10.1. The van der Waals surface area contributed by atoms with Crippen LogP contribution in [0.25, 0.3) is 0 Å². The quantitative estimate of drug-likeness (QED) is 0.166. The zero-order valence-electron chi connectivity index (χ0n) is 19.1. The SMILES string of the molecule is CCCCCCCCCCCCCCCC[N+](C)(C)CC.CCS(=O)(=O)[O-]. The van der Waals surface area contributed by atoms with Gasteiger partial charge < -0.3 is 9.04 Å². The summed E-state index contributed by atoms with van der Waals surface area (Å²) < 4.78 is 29.5. The van der Waals surface area contributed by atoms with Gasteiger partial charge in [-0.25, -0.2) is 8.42 Å². The van der Waals surface area contributed by atoms with Crippen molar-refractivity contribution in [1.82, 2.24) is 0 Å². The lowest BCUT2D eigenvalue weighted by Crippen LogP contribution is -2.39. The number of quaternary nitrogens is 1. The fourth-order valence-electron chi connectivity index (χ4n) is 2.89. The Morgan fingerprint density at radius 2 is 0.926 bits per heavy atom. The smallest absolute Gasteiger partial charge is 0.0943 e. The first-order valence-corrected chi connectivity index (χ1v) is 13.0. The summed E-state index contributed by atoms with van der Waals surface area (Å²) >= 11 is 0. The van der Waals surface area contributed by atoms with Crippen molar-refractivity contribution in [1.29, 1.82) is 0 Å². The summed E-state index contributed by atoms with van der Waals surface area (Å²) in [5, 5.41) is 0.